The molecule has 2 aromatic rings. The molecule has 2 N–H and O–H groups in total. The molecule has 0 radical (unpaired) electrons. The summed E-state index contributed by atoms with van der Waals surface area (Å²) in [4.78, 5) is 36.2. The van der Waals surface area contributed by atoms with E-state index < -0.39 is 18.0 Å². The highest BCUT2D eigenvalue weighted by Gasteiger charge is 2.20. The Labute approximate surface area is 188 Å². The van der Waals surface area contributed by atoms with Crippen LogP contribution in [-0.2, 0) is 14.3 Å². The van der Waals surface area contributed by atoms with Gasteiger partial charge in [-0.2, -0.15) is 0 Å². The minimum atomic E-state index is -0.975. The predicted molar refractivity (Wildman–Crippen MR) is 119 cm³/mol. The van der Waals surface area contributed by atoms with Gasteiger partial charge in [0.05, 0.1) is 12.7 Å². The van der Waals surface area contributed by atoms with E-state index in [0.717, 1.165) is 4.47 Å². The number of nitrogens with one attached hydrogen (secondary N) is 2. The fraction of sp³-hybridized carbons (Fsp3) is 0.227. The number of hydrogen-bond donors (Lipinski definition) is 2. The Morgan fingerprint density at radius 3 is 2.48 bits per heavy atom. The van der Waals surface area contributed by atoms with Crippen LogP contribution in [0.15, 0.2) is 59.6 Å². The van der Waals surface area contributed by atoms with Crippen LogP contribution in [0.5, 0.6) is 11.5 Å². The molecule has 0 fully saturated rings. The van der Waals surface area contributed by atoms with Gasteiger partial charge in [0.15, 0.2) is 24.2 Å². The lowest BCUT2D eigenvalue weighted by Crippen LogP contribution is -2.35. The summed E-state index contributed by atoms with van der Waals surface area (Å²) in [7, 11) is 1.41. The Bertz CT molecular complexity index is 946. The molecule has 2 rings (SSSR count). The fourth-order valence-corrected chi connectivity index (χ4v) is 2.65. The molecule has 0 aromatic heterocycles. The zero-order chi connectivity index (χ0) is 22.8. The van der Waals surface area contributed by atoms with E-state index in [1.54, 1.807) is 24.3 Å². The first-order valence-corrected chi connectivity index (χ1v) is 10.1. The van der Waals surface area contributed by atoms with Gasteiger partial charge in [0, 0.05) is 16.7 Å². The van der Waals surface area contributed by atoms with Crippen molar-refractivity contribution in [1.29, 1.82) is 0 Å². The Morgan fingerprint density at radius 2 is 1.84 bits per heavy atom. The molecule has 0 aliphatic rings. The largest absolute Gasteiger partial charge is 0.493 e. The summed E-state index contributed by atoms with van der Waals surface area (Å²) in [6.07, 6.45) is 0.548. The van der Waals surface area contributed by atoms with Gasteiger partial charge >= 0.3 is 5.97 Å². The van der Waals surface area contributed by atoms with Gasteiger partial charge in [0.1, 0.15) is 0 Å². The minimum absolute atomic E-state index is 0.173. The number of methoxy groups -OCH3 is 1. The molecule has 2 aromatic carbocycles. The fourth-order valence-electron chi connectivity index (χ4n) is 2.39. The highest BCUT2D eigenvalue weighted by atomic mass is 79.9. The molecule has 0 saturated heterocycles. The van der Waals surface area contributed by atoms with Crippen LogP contribution in [0.4, 0.5) is 5.69 Å². The summed E-state index contributed by atoms with van der Waals surface area (Å²) in [5, 5.41) is 5.26. The first-order chi connectivity index (χ1) is 14.8. The third-order valence-corrected chi connectivity index (χ3v) is 4.49. The Kier molecular flexibility index (Phi) is 9.08. The zero-order valence-corrected chi connectivity index (χ0v) is 18.7. The molecule has 1 atom stereocenters. The van der Waals surface area contributed by atoms with Crippen LogP contribution in [0.3, 0.4) is 0 Å². The number of carbonyl (C=O) groups is 3. The first-order valence-electron chi connectivity index (χ1n) is 9.30. The minimum Gasteiger partial charge on any atom is -0.493 e. The molecule has 0 aliphatic heterocycles. The van der Waals surface area contributed by atoms with E-state index in [9.17, 15) is 14.4 Å². The summed E-state index contributed by atoms with van der Waals surface area (Å²) in [6, 6.07) is 11.5. The highest BCUT2D eigenvalue weighted by molar-refractivity contribution is 9.10. The summed E-state index contributed by atoms with van der Waals surface area (Å²) < 4.78 is 16.8. The molecule has 31 heavy (non-hydrogen) atoms. The molecule has 0 spiro atoms. The maximum Gasteiger partial charge on any atom is 0.339 e. The normalized spacial score (nSPS) is 11.1. The van der Waals surface area contributed by atoms with E-state index in [0.29, 0.717) is 5.69 Å². The zero-order valence-electron chi connectivity index (χ0n) is 17.1. The van der Waals surface area contributed by atoms with Crippen LogP contribution in [0, 0.1) is 0 Å². The first kappa shape index (κ1) is 23.9. The molecule has 0 saturated carbocycles. The summed E-state index contributed by atoms with van der Waals surface area (Å²) in [6.45, 7) is 4.99. The number of halogens is 1. The smallest absolute Gasteiger partial charge is 0.339 e. The van der Waals surface area contributed by atoms with Gasteiger partial charge in [0.25, 0.3) is 11.8 Å². The number of esters is 1. The molecule has 0 aliphatic carbocycles. The molecule has 1 unspecified atom stereocenters. The van der Waals surface area contributed by atoms with Crippen molar-refractivity contribution in [3.63, 3.8) is 0 Å². The van der Waals surface area contributed by atoms with Gasteiger partial charge in [-0.15, -0.1) is 6.58 Å². The second kappa shape index (κ2) is 11.8. The molecule has 2 amide bonds. The number of benzene rings is 2. The summed E-state index contributed by atoms with van der Waals surface area (Å²) in [5.41, 5.74) is 0.806. The number of carbonyl (C=O) groups excluding carboxylic acids is 3. The van der Waals surface area contributed by atoms with E-state index in [4.69, 9.17) is 14.2 Å². The van der Waals surface area contributed by atoms with Gasteiger partial charge < -0.3 is 24.8 Å². The van der Waals surface area contributed by atoms with Crippen molar-refractivity contribution in [2.24, 2.45) is 0 Å². The maximum absolute atomic E-state index is 12.3. The highest BCUT2D eigenvalue weighted by Crippen LogP contribution is 2.28. The summed E-state index contributed by atoms with van der Waals surface area (Å²) >= 11 is 3.33. The standard InChI is InChI=1S/C22H23BrN2O6/c1-4-11-24-21(27)14(2)31-22(28)15-5-10-18(19(12-15)29-3)30-13-20(26)25-17-8-6-16(23)7-9-17/h4-10,12,14H,1,11,13H2,2-3H3,(H,24,27)(H,25,26). The van der Waals surface area contributed by atoms with Crippen molar-refractivity contribution in [2.75, 3.05) is 25.6 Å². The number of rotatable bonds is 10. The van der Waals surface area contributed by atoms with Gasteiger partial charge in [-0.25, -0.2) is 4.79 Å². The van der Waals surface area contributed by atoms with E-state index in [1.165, 1.54) is 38.3 Å². The number of ether oxygens (including phenoxy) is 3. The van der Waals surface area contributed by atoms with E-state index in [1.807, 2.05) is 0 Å². The van der Waals surface area contributed by atoms with Crippen molar-refractivity contribution >= 4 is 39.4 Å². The van der Waals surface area contributed by atoms with E-state index in [2.05, 4.69) is 33.1 Å². The van der Waals surface area contributed by atoms with Gasteiger partial charge in [-0.1, -0.05) is 22.0 Å². The van der Waals surface area contributed by atoms with Crippen molar-refractivity contribution in [1.82, 2.24) is 5.32 Å². The van der Waals surface area contributed by atoms with Gasteiger partial charge in [0.2, 0.25) is 0 Å². The third kappa shape index (κ3) is 7.45. The average molecular weight is 491 g/mol. The SMILES string of the molecule is C=CCNC(=O)C(C)OC(=O)c1ccc(OCC(=O)Nc2ccc(Br)cc2)c(OC)c1. The van der Waals surface area contributed by atoms with E-state index >= 15 is 0 Å². The molecular weight excluding hydrogens is 468 g/mol. The second-order valence-electron chi connectivity index (χ2n) is 6.29. The summed E-state index contributed by atoms with van der Waals surface area (Å²) in [5.74, 6) is -0.959. The Morgan fingerprint density at radius 1 is 1.13 bits per heavy atom. The lowest BCUT2D eigenvalue weighted by molar-refractivity contribution is -0.128. The van der Waals surface area contributed by atoms with Crippen molar-refractivity contribution in [2.45, 2.75) is 13.0 Å². The molecule has 0 heterocycles. The quantitative estimate of drug-likeness (QED) is 0.391. The Balaban J connectivity index is 1.96. The predicted octanol–water partition coefficient (Wildman–Crippen LogP) is 3.32. The number of hydrogen-bond acceptors (Lipinski definition) is 6. The molecule has 164 valence electrons. The monoisotopic (exact) mass is 490 g/mol. The van der Waals surface area contributed by atoms with Crippen LogP contribution in [0.2, 0.25) is 0 Å². The van der Waals surface area contributed by atoms with Crippen molar-refractivity contribution in [3.8, 4) is 11.5 Å². The van der Waals surface area contributed by atoms with Crippen LogP contribution in [0.1, 0.15) is 17.3 Å². The molecular formula is C22H23BrN2O6. The topological polar surface area (TPSA) is 103 Å². The van der Waals surface area contributed by atoms with Crippen LogP contribution < -0.4 is 20.1 Å². The lowest BCUT2D eigenvalue weighted by atomic mass is 10.2. The Hall–Kier alpha value is -3.33. The third-order valence-electron chi connectivity index (χ3n) is 3.96. The molecule has 8 nitrogen and oxygen atoms in total. The maximum atomic E-state index is 12.3. The lowest BCUT2D eigenvalue weighted by Gasteiger charge is -2.14. The van der Waals surface area contributed by atoms with Crippen molar-refractivity contribution in [3.05, 3.63) is 65.2 Å². The van der Waals surface area contributed by atoms with Crippen LogP contribution >= 0.6 is 15.9 Å². The van der Waals surface area contributed by atoms with Crippen LogP contribution in [-0.4, -0.2) is 44.1 Å². The molecule has 0 bridgehead atoms. The van der Waals surface area contributed by atoms with Crippen molar-refractivity contribution < 1.29 is 28.6 Å². The second-order valence-corrected chi connectivity index (χ2v) is 7.21. The van der Waals surface area contributed by atoms with Gasteiger partial charge in [-0.05, 0) is 49.4 Å². The van der Waals surface area contributed by atoms with Crippen LogP contribution in [0.25, 0.3) is 0 Å². The van der Waals surface area contributed by atoms with E-state index in [-0.39, 0.29) is 36.1 Å². The number of amides is 2. The molecule has 9 heteroatoms. The average Bonchev–Trinajstić information content (AvgIpc) is 2.77. The number of anilines is 1. The van der Waals surface area contributed by atoms with Gasteiger partial charge in [-0.3, -0.25) is 9.59 Å².